The van der Waals surface area contributed by atoms with Crippen LogP contribution in [-0.4, -0.2) is 36.9 Å². The maximum atomic E-state index is 12.9. The lowest BCUT2D eigenvalue weighted by Gasteiger charge is -2.31. The van der Waals surface area contributed by atoms with E-state index in [0.29, 0.717) is 18.1 Å². The highest BCUT2D eigenvalue weighted by Crippen LogP contribution is 2.41. The van der Waals surface area contributed by atoms with Crippen LogP contribution in [0.25, 0.3) is 0 Å². The highest BCUT2D eigenvalue weighted by atomic mass is 35.5. The van der Waals surface area contributed by atoms with Crippen molar-refractivity contribution >= 4 is 17.5 Å². The Balaban J connectivity index is 2.09. The Morgan fingerprint density at radius 2 is 1.96 bits per heavy atom. The summed E-state index contributed by atoms with van der Waals surface area (Å²) < 4.78 is 5.00. The third-order valence-corrected chi connectivity index (χ3v) is 5.02. The monoisotopic (exact) mass is 339 g/mol. The van der Waals surface area contributed by atoms with Gasteiger partial charge in [0.25, 0.3) is 0 Å². The first-order valence-electron chi connectivity index (χ1n) is 8.15. The van der Waals surface area contributed by atoms with Gasteiger partial charge in [0.2, 0.25) is 5.91 Å². The molecule has 0 saturated heterocycles. The van der Waals surface area contributed by atoms with Crippen LogP contribution in [-0.2, 0) is 14.9 Å². The predicted molar refractivity (Wildman–Crippen MR) is 91.7 cm³/mol. The number of amides is 1. The smallest absolute Gasteiger partial charge is 0.230 e. The van der Waals surface area contributed by atoms with Gasteiger partial charge in [-0.05, 0) is 37.5 Å². The lowest BCUT2D eigenvalue weighted by molar-refractivity contribution is -0.128. The van der Waals surface area contributed by atoms with E-state index in [4.69, 9.17) is 16.3 Å². The minimum absolute atomic E-state index is 0.00462. The van der Waals surface area contributed by atoms with Crippen molar-refractivity contribution in [3.63, 3.8) is 0 Å². The van der Waals surface area contributed by atoms with Gasteiger partial charge in [-0.2, -0.15) is 0 Å². The zero-order chi connectivity index (χ0) is 16.9. The lowest BCUT2D eigenvalue weighted by Crippen LogP contribution is -2.48. The Labute approximate surface area is 143 Å². The molecule has 2 N–H and O–H groups in total. The van der Waals surface area contributed by atoms with Crippen molar-refractivity contribution in [2.24, 2.45) is 0 Å². The van der Waals surface area contributed by atoms with Gasteiger partial charge in [-0.1, -0.05) is 36.6 Å². The molecule has 0 aliphatic heterocycles. The molecular weight excluding hydrogens is 314 g/mol. The average Bonchev–Trinajstić information content (AvgIpc) is 3.02. The standard InChI is InChI=1S/C18H26ClNO3/c1-17(22,11-12-23-2)13-20-16(21)18(9-3-4-10-18)14-5-7-15(19)8-6-14/h5-8,22H,3-4,9-13H2,1-2H3,(H,20,21). The van der Waals surface area contributed by atoms with Gasteiger partial charge < -0.3 is 15.2 Å². The van der Waals surface area contributed by atoms with Crippen LogP contribution in [0, 0.1) is 0 Å². The molecule has 0 bridgehead atoms. The molecule has 1 atom stereocenters. The number of hydrogen-bond donors (Lipinski definition) is 2. The zero-order valence-electron chi connectivity index (χ0n) is 13.9. The number of aliphatic hydroxyl groups is 1. The third kappa shape index (κ3) is 4.46. The van der Waals surface area contributed by atoms with Crippen LogP contribution in [0.15, 0.2) is 24.3 Å². The number of ether oxygens (including phenoxy) is 1. The fraction of sp³-hybridized carbons (Fsp3) is 0.611. The molecule has 5 heteroatoms. The van der Waals surface area contributed by atoms with Crippen molar-refractivity contribution in [2.45, 2.75) is 50.0 Å². The molecule has 1 aromatic carbocycles. The summed E-state index contributed by atoms with van der Waals surface area (Å²) in [4.78, 5) is 12.9. The van der Waals surface area contributed by atoms with E-state index in [1.165, 1.54) is 0 Å². The first-order chi connectivity index (χ1) is 10.9. The SMILES string of the molecule is COCCC(C)(O)CNC(=O)C1(c2ccc(Cl)cc2)CCCC1. The molecule has 4 nitrogen and oxygen atoms in total. The van der Waals surface area contributed by atoms with Crippen LogP contribution in [0.5, 0.6) is 0 Å². The van der Waals surface area contributed by atoms with Crippen molar-refractivity contribution < 1.29 is 14.6 Å². The molecule has 0 radical (unpaired) electrons. The van der Waals surface area contributed by atoms with Crippen LogP contribution in [0.4, 0.5) is 0 Å². The number of carbonyl (C=O) groups is 1. The van der Waals surface area contributed by atoms with Crippen LogP contribution in [0.2, 0.25) is 5.02 Å². The van der Waals surface area contributed by atoms with Crippen LogP contribution >= 0.6 is 11.6 Å². The minimum atomic E-state index is -0.967. The minimum Gasteiger partial charge on any atom is -0.388 e. The van der Waals surface area contributed by atoms with Crippen molar-refractivity contribution in [2.75, 3.05) is 20.3 Å². The fourth-order valence-corrected chi connectivity index (χ4v) is 3.37. The molecule has 1 aromatic rings. The molecule has 23 heavy (non-hydrogen) atoms. The summed E-state index contributed by atoms with van der Waals surface area (Å²) in [6.07, 6.45) is 4.23. The summed E-state index contributed by atoms with van der Waals surface area (Å²) in [6, 6.07) is 7.55. The van der Waals surface area contributed by atoms with Gasteiger partial charge in [0, 0.05) is 31.7 Å². The number of benzene rings is 1. The summed E-state index contributed by atoms with van der Waals surface area (Å²) in [5, 5.41) is 13.9. The van der Waals surface area contributed by atoms with Crippen LogP contribution in [0.3, 0.4) is 0 Å². The second-order valence-corrected chi connectivity index (χ2v) is 7.15. The first-order valence-corrected chi connectivity index (χ1v) is 8.53. The molecule has 128 valence electrons. The van der Waals surface area contributed by atoms with E-state index in [1.807, 2.05) is 24.3 Å². The number of halogens is 1. The van der Waals surface area contributed by atoms with Crippen LogP contribution in [0.1, 0.15) is 44.6 Å². The number of hydrogen-bond acceptors (Lipinski definition) is 3. The van der Waals surface area contributed by atoms with Crippen molar-refractivity contribution in [3.05, 3.63) is 34.9 Å². The van der Waals surface area contributed by atoms with E-state index in [0.717, 1.165) is 31.2 Å². The number of methoxy groups -OCH3 is 1. The van der Waals surface area contributed by atoms with Gasteiger partial charge >= 0.3 is 0 Å². The highest BCUT2D eigenvalue weighted by Gasteiger charge is 2.43. The number of rotatable bonds is 7. The summed E-state index contributed by atoms with van der Waals surface area (Å²) >= 11 is 5.97. The predicted octanol–water partition coefficient (Wildman–Crippen LogP) is 3.06. The normalized spacial score (nSPS) is 19.3. The molecule has 1 saturated carbocycles. The third-order valence-electron chi connectivity index (χ3n) is 4.76. The molecule has 0 heterocycles. The maximum Gasteiger partial charge on any atom is 0.230 e. The summed E-state index contributed by atoms with van der Waals surface area (Å²) in [7, 11) is 1.60. The summed E-state index contributed by atoms with van der Waals surface area (Å²) in [6.45, 7) is 2.41. The molecule has 1 amide bonds. The van der Waals surface area contributed by atoms with Crippen LogP contribution < -0.4 is 5.32 Å². The van der Waals surface area contributed by atoms with Gasteiger partial charge in [0.15, 0.2) is 0 Å². The van der Waals surface area contributed by atoms with E-state index < -0.39 is 11.0 Å². The second-order valence-electron chi connectivity index (χ2n) is 6.72. The van der Waals surface area contributed by atoms with Gasteiger partial charge in [0.1, 0.15) is 0 Å². The molecule has 0 spiro atoms. The number of nitrogens with one attached hydrogen (secondary N) is 1. The zero-order valence-corrected chi connectivity index (χ0v) is 14.7. The van der Waals surface area contributed by atoms with E-state index >= 15 is 0 Å². The van der Waals surface area contributed by atoms with Crippen molar-refractivity contribution in [1.82, 2.24) is 5.32 Å². The molecule has 2 rings (SSSR count). The van der Waals surface area contributed by atoms with Gasteiger partial charge in [-0.15, -0.1) is 0 Å². The average molecular weight is 340 g/mol. The highest BCUT2D eigenvalue weighted by molar-refractivity contribution is 6.30. The summed E-state index contributed by atoms with van der Waals surface area (Å²) in [5.74, 6) is -0.00462. The Morgan fingerprint density at radius 1 is 1.35 bits per heavy atom. The van der Waals surface area contributed by atoms with Crippen molar-refractivity contribution in [1.29, 1.82) is 0 Å². The van der Waals surface area contributed by atoms with E-state index in [9.17, 15) is 9.90 Å². The molecule has 1 aliphatic carbocycles. The topological polar surface area (TPSA) is 58.6 Å². The Bertz CT molecular complexity index is 522. The van der Waals surface area contributed by atoms with E-state index in [1.54, 1.807) is 14.0 Å². The molecule has 1 aliphatic rings. The Kier molecular flexibility index (Phi) is 6.06. The van der Waals surface area contributed by atoms with Gasteiger partial charge in [-0.3, -0.25) is 4.79 Å². The van der Waals surface area contributed by atoms with Gasteiger partial charge in [0.05, 0.1) is 11.0 Å². The molecule has 1 unspecified atom stereocenters. The quantitative estimate of drug-likeness (QED) is 0.802. The largest absolute Gasteiger partial charge is 0.388 e. The van der Waals surface area contributed by atoms with E-state index in [2.05, 4.69) is 5.32 Å². The Morgan fingerprint density at radius 3 is 2.52 bits per heavy atom. The Hall–Kier alpha value is -1.10. The summed E-state index contributed by atoms with van der Waals surface area (Å²) in [5.41, 5.74) is -0.457. The maximum absolute atomic E-state index is 12.9. The van der Waals surface area contributed by atoms with Gasteiger partial charge in [-0.25, -0.2) is 0 Å². The molecule has 1 fully saturated rings. The second kappa shape index (κ2) is 7.65. The first kappa shape index (κ1) is 18.2. The van der Waals surface area contributed by atoms with Crippen molar-refractivity contribution in [3.8, 4) is 0 Å². The molecule has 0 aromatic heterocycles. The lowest BCUT2D eigenvalue weighted by atomic mass is 9.78. The fourth-order valence-electron chi connectivity index (χ4n) is 3.24. The molecular formula is C18H26ClNO3. The van der Waals surface area contributed by atoms with E-state index in [-0.39, 0.29) is 12.5 Å². The number of carbonyl (C=O) groups excluding carboxylic acids is 1.